The van der Waals surface area contributed by atoms with Crippen LogP contribution >= 0.6 is 37.2 Å². The summed E-state index contributed by atoms with van der Waals surface area (Å²) in [6.07, 6.45) is 10.3. The zero-order valence-electron chi connectivity index (χ0n) is 29.0. The van der Waals surface area contributed by atoms with Crippen LogP contribution in [0.4, 0.5) is 5.69 Å². The fraction of sp³-hybridized carbons (Fsp3) is 0.317. The summed E-state index contributed by atoms with van der Waals surface area (Å²) in [4.78, 5) is 14.5. The van der Waals surface area contributed by atoms with Crippen molar-refractivity contribution in [3.05, 3.63) is 136 Å². The summed E-state index contributed by atoms with van der Waals surface area (Å²) in [5.74, 6) is 0. The third kappa shape index (κ3) is 8.98. The van der Waals surface area contributed by atoms with Crippen molar-refractivity contribution in [2.75, 3.05) is 18.0 Å². The quantitative estimate of drug-likeness (QED) is 0.161. The SMILES string of the molecule is Cc1cc(-c2cncc(CN3CCC(N(Cc4cncc(-c5cc(C)c(C)c(C)c5)c4)c4ccccc4)CC3)c2)cc(C)c1C.Cl.Cl.Cl. The summed E-state index contributed by atoms with van der Waals surface area (Å²) >= 11 is 0. The van der Waals surface area contributed by atoms with E-state index in [-0.39, 0.29) is 37.2 Å². The minimum atomic E-state index is 0. The first-order valence-corrected chi connectivity index (χ1v) is 16.3. The summed E-state index contributed by atoms with van der Waals surface area (Å²) in [6.45, 7) is 17.1. The monoisotopic (exact) mass is 702 g/mol. The second-order valence-electron chi connectivity index (χ2n) is 13.1. The van der Waals surface area contributed by atoms with Gasteiger partial charge in [-0.25, -0.2) is 0 Å². The molecule has 5 aromatic rings. The molecule has 0 atom stereocenters. The maximum absolute atomic E-state index is 4.70. The molecule has 0 amide bonds. The number of aryl methyl sites for hydroxylation is 4. The molecule has 3 aromatic carbocycles. The van der Waals surface area contributed by atoms with Crippen molar-refractivity contribution in [3.63, 3.8) is 0 Å². The Bertz CT molecular complexity index is 1750. The number of piperidine rings is 1. The Labute approximate surface area is 306 Å². The molecule has 1 fully saturated rings. The van der Waals surface area contributed by atoms with Crippen LogP contribution in [0.3, 0.4) is 0 Å². The Kier molecular flexibility index (Phi) is 14.1. The van der Waals surface area contributed by atoms with Crippen molar-refractivity contribution in [2.24, 2.45) is 0 Å². The van der Waals surface area contributed by atoms with E-state index in [1.54, 1.807) is 0 Å². The highest BCUT2D eigenvalue weighted by Crippen LogP contribution is 2.30. The number of hydrogen-bond acceptors (Lipinski definition) is 4. The molecule has 0 bridgehead atoms. The first-order valence-electron chi connectivity index (χ1n) is 16.3. The molecule has 254 valence electrons. The molecule has 1 aliphatic rings. The van der Waals surface area contributed by atoms with E-state index in [4.69, 9.17) is 4.98 Å². The highest BCUT2D eigenvalue weighted by molar-refractivity contribution is 5.86. The number of likely N-dealkylation sites (tertiary alicyclic amines) is 1. The lowest BCUT2D eigenvalue weighted by molar-refractivity contribution is 0.200. The van der Waals surface area contributed by atoms with Crippen molar-refractivity contribution < 1.29 is 0 Å². The van der Waals surface area contributed by atoms with E-state index in [1.807, 2.05) is 24.8 Å². The Hall–Kier alpha value is -3.41. The molecule has 1 saturated heterocycles. The van der Waals surface area contributed by atoms with Crippen LogP contribution in [0.5, 0.6) is 0 Å². The zero-order chi connectivity index (χ0) is 31.5. The molecule has 6 rings (SSSR count). The lowest BCUT2D eigenvalue weighted by Gasteiger charge is -2.40. The third-order valence-corrected chi connectivity index (χ3v) is 9.96. The maximum Gasteiger partial charge on any atom is 0.0448 e. The summed E-state index contributed by atoms with van der Waals surface area (Å²) in [5, 5.41) is 0. The van der Waals surface area contributed by atoms with Gasteiger partial charge in [0, 0.05) is 73.8 Å². The lowest BCUT2D eigenvalue weighted by atomic mass is 9.96. The smallest absolute Gasteiger partial charge is 0.0448 e. The van der Waals surface area contributed by atoms with Crippen LogP contribution in [0.25, 0.3) is 22.3 Å². The van der Waals surface area contributed by atoms with Crippen molar-refractivity contribution in [1.29, 1.82) is 0 Å². The average Bonchev–Trinajstić information content (AvgIpc) is 3.05. The molecule has 1 aliphatic heterocycles. The van der Waals surface area contributed by atoms with Crippen molar-refractivity contribution >= 4 is 42.9 Å². The second-order valence-corrected chi connectivity index (χ2v) is 13.1. The predicted octanol–water partition coefficient (Wildman–Crippen LogP) is 10.6. The summed E-state index contributed by atoms with van der Waals surface area (Å²) in [6, 6.07) is 25.2. The largest absolute Gasteiger partial charge is 0.364 e. The Morgan fingerprint density at radius 1 is 0.583 bits per heavy atom. The third-order valence-electron chi connectivity index (χ3n) is 9.96. The van der Waals surface area contributed by atoms with Crippen molar-refractivity contribution in [3.8, 4) is 22.3 Å². The summed E-state index contributed by atoms with van der Waals surface area (Å²) in [7, 11) is 0. The Morgan fingerprint density at radius 3 is 1.54 bits per heavy atom. The molecule has 0 spiro atoms. The van der Waals surface area contributed by atoms with E-state index in [9.17, 15) is 0 Å². The molecule has 0 saturated carbocycles. The Balaban J connectivity index is 0.00000208. The van der Waals surface area contributed by atoms with Gasteiger partial charge in [0.2, 0.25) is 0 Å². The molecular formula is C41H49Cl3N4. The first kappa shape index (κ1) is 39.0. The maximum atomic E-state index is 4.70. The van der Waals surface area contributed by atoms with Crippen LogP contribution in [-0.2, 0) is 13.1 Å². The number of aromatic nitrogens is 2. The van der Waals surface area contributed by atoms with Gasteiger partial charge in [-0.2, -0.15) is 0 Å². The van der Waals surface area contributed by atoms with Gasteiger partial charge in [-0.05, 0) is 134 Å². The molecule has 48 heavy (non-hydrogen) atoms. The molecule has 0 N–H and O–H groups in total. The van der Waals surface area contributed by atoms with E-state index in [0.29, 0.717) is 6.04 Å². The van der Waals surface area contributed by atoms with Crippen molar-refractivity contribution in [2.45, 2.75) is 73.5 Å². The van der Waals surface area contributed by atoms with Crippen LogP contribution in [-0.4, -0.2) is 34.0 Å². The number of rotatable bonds is 8. The van der Waals surface area contributed by atoms with Gasteiger partial charge in [0.25, 0.3) is 0 Å². The average molecular weight is 704 g/mol. The number of hydrogen-bond donors (Lipinski definition) is 0. The lowest BCUT2D eigenvalue weighted by Crippen LogP contribution is -2.44. The van der Waals surface area contributed by atoms with E-state index in [0.717, 1.165) is 39.0 Å². The van der Waals surface area contributed by atoms with E-state index in [2.05, 4.69) is 123 Å². The van der Waals surface area contributed by atoms with Crippen molar-refractivity contribution in [1.82, 2.24) is 14.9 Å². The predicted molar refractivity (Wildman–Crippen MR) is 210 cm³/mol. The van der Waals surface area contributed by atoms with Gasteiger partial charge in [-0.15, -0.1) is 37.2 Å². The van der Waals surface area contributed by atoms with Gasteiger partial charge in [0.1, 0.15) is 0 Å². The molecule has 0 aliphatic carbocycles. The fourth-order valence-electron chi connectivity index (χ4n) is 6.76. The minimum absolute atomic E-state index is 0. The molecule has 3 heterocycles. The van der Waals surface area contributed by atoms with Gasteiger partial charge in [0.05, 0.1) is 0 Å². The second kappa shape index (κ2) is 17.3. The summed E-state index contributed by atoms with van der Waals surface area (Å²) in [5.41, 5.74) is 16.8. The van der Waals surface area contributed by atoms with Crippen LogP contribution in [0.2, 0.25) is 0 Å². The van der Waals surface area contributed by atoms with Crippen LogP contribution in [0.1, 0.15) is 57.3 Å². The van der Waals surface area contributed by atoms with Gasteiger partial charge < -0.3 is 4.90 Å². The Morgan fingerprint density at radius 2 is 1.04 bits per heavy atom. The molecule has 4 nitrogen and oxygen atoms in total. The van der Waals surface area contributed by atoms with E-state index >= 15 is 0 Å². The standard InChI is InChI=1S/C41H46N4.3ClH/c1-28-16-36(17-29(2)32(28)5)38-20-34(22-42-24-38)26-44-14-12-41(13-15-44)45(40-10-8-7-9-11-40)27-35-21-39(25-43-23-35)37-18-30(3)33(6)31(4)19-37;;;/h7-11,16-25,41H,12-15,26-27H2,1-6H3;3*1H. The normalized spacial score (nSPS) is 13.2. The fourth-order valence-corrected chi connectivity index (χ4v) is 6.76. The van der Waals surface area contributed by atoms with E-state index < -0.39 is 0 Å². The highest BCUT2D eigenvalue weighted by Gasteiger charge is 2.25. The minimum Gasteiger partial charge on any atom is -0.364 e. The molecule has 0 radical (unpaired) electrons. The molecule has 2 aromatic heterocycles. The van der Waals surface area contributed by atoms with Gasteiger partial charge in [-0.3, -0.25) is 14.9 Å². The number of nitrogens with zero attached hydrogens (tertiary/aromatic N) is 4. The zero-order valence-corrected chi connectivity index (χ0v) is 31.4. The number of anilines is 1. The number of benzene rings is 3. The van der Waals surface area contributed by atoms with Gasteiger partial charge >= 0.3 is 0 Å². The topological polar surface area (TPSA) is 32.3 Å². The highest BCUT2D eigenvalue weighted by atomic mass is 35.5. The van der Waals surface area contributed by atoms with Crippen LogP contribution in [0.15, 0.2) is 91.5 Å². The number of para-hydroxylation sites is 1. The first-order chi connectivity index (χ1) is 21.7. The van der Waals surface area contributed by atoms with Gasteiger partial charge in [0.15, 0.2) is 0 Å². The van der Waals surface area contributed by atoms with Crippen LogP contribution < -0.4 is 4.90 Å². The number of halogens is 3. The van der Waals surface area contributed by atoms with Gasteiger partial charge in [-0.1, -0.05) is 42.5 Å². The van der Waals surface area contributed by atoms with E-state index in [1.165, 1.54) is 72.4 Å². The molecule has 0 unspecified atom stereocenters. The molecular weight excluding hydrogens is 655 g/mol. The molecule has 7 heteroatoms. The summed E-state index contributed by atoms with van der Waals surface area (Å²) < 4.78 is 0. The van der Waals surface area contributed by atoms with Crippen LogP contribution in [0, 0.1) is 41.5 Å². The number of pyridine rings is 2.